The number of benzene rings is 2. The van der Waals surface area contributed by atoms with Crippen LogP contribution in [0.1, 0.15) is 11.4 Å². The Morgan fingerprint density at radius 2 is 1.73 bits per heavy atom. The van der Waals surface area contributed by atoms with Gasteiger partial charge in [0.25, 0.3) is 0 Å². The van der Waals surface area contributed by atoms with Crippen LogP contribution in [0.25, 0.3) is 11.0 Å². The van der Waals surface area contributed by atoms with Gasteiger partial charge in [-0.1, -0.05) is 12.1 Å². The van der Waals surface area contributed by atoms with E-state index in [4.69, 9.17) is 19.3 Å². The Kier molecular flexibility index (Phi) is 7.90. The molecule has 0 spiro atoms. The average Bonchev–Trinajstić information content (AvgIpc) is 3.18. The Labute approximate surface area is 216 Å². The number of fused-ring (bicyclic) bond motifs is 1. The summed E-state index contributed by atoms with van der Waals surface area (Å²) in [5, 5.41) is 47.4. The first-order valence-electron chi connectivity index (χ1n) is 11.2. The van der Waals surface area contributed by atoms with E-state index in [9.17, 15) is 30.0 Å². The number of aliphatic carboxylic acids is 2. The highest BCUT2D eigenvalue weighted by atomic mass is 32.1. The minimum absolute atomic E-state index is 0.139. The van der Waals surface area contributed by atoms with Crippen LogP contribution in [0.3, 0.4) is 0 Å². The van der Waals surface area contributed by atoms with Crippen molar-refractivity contribution < 1.29 is 49.3 Å². The first-order valence-corrected chi connectivity index (χ1v) is 11.7. The normalized spacial score (nSPS) is 24.5. The maximum Gasteiger partial charge on any atom is 0.335 e. The maximum atomic E-state index is 11.3. The molecule has 5 N–H and O–H groups in total. The van der Waals surface area contributed by atoms with E-state index in [2.05, 4.69) is 17.6 Å². The fourth-order valence-corrected chi connectivity index (χ4v) is 4.10. The molecule has 1 aliphatic heterocycles. The third-order valence-electron chi connectivity index (χ3n) is 6.02. The molecule has 3 unspecified atom stereocenters. The monoisotopic (exact) mass is 534 g/mol. The van der Waals surface area contributed by atoms with Gasteiger partial charge in [-0.2, -0.15) is 12.6 Å². The van der Waals surface area contributed by atoms with Crippen LogP contribution in [0.2, 0.25) is 0 Å². The summed E-state index contributed by atoms with van der Waals surface area (Å²) < 4.78 is 18.4. The number of nitrogens with zero attached hydrogens (tertiary/aromatic N) is 2. The molecule has 2 aromatic carbocycles. The maximum absolute atomic E-state index is 11.3. The van der Waals surface area contributed by atoms with Crippen LogP contribution >= 0.6 is 12.6 Å². The molecule has 0 radical (unpaired) electrons. The predicted octanol–water partition coefficient (Wildman–Crippen LogP) is 0.349. The highest BCUT2D eigenvalue weighted by Gasteiger charge is 2.48. The first kappa shape index (κ1) is 26.7. The second kappa shape index (κ2) is 10.9. The Hall–Kier alpha value is -3.36. The first-order chi connectivity index (χ1) is 17.5. The van der Waals surface area contributed by atoms with Crippen molar-refractivity contribution in [1.29, 1.82) is 0 Å². The van der Waals surface area contributed by atoms with Gasteiger partial charge in [0.15, 0.2) is 6.10 Å². The Morgan fingerprint density at radius 1 is 1.05 bits per heavy atom. The molecular formula is C24H26N2O10S. The van der Waals surface area contributed by atoms with Gasteiger partial charge in [-0.05, 0) is 36.2 Å². The second-order valence-electron chi connectivity index (χ2n) is 8.58. The van der Waals surface area contributed by atoms with Crippen LogP contribution < -0.4 is 9.47 Å². The van der Waals surface area contributed by atoms with Gasteiger partial charge in [0, 0.05) is 13.1 Å². The summed E-state index contributed by atoms with van der Waals surface area (Å²) >= 11 is 4.04. The van der Waals surface area contributed by atoms with Gasteiger partial charge in [0.05, 0.1) is 11.0 Å². The number of carboxylic acid groups (broad SMARTS) is 2. The number of hydrogen-bond donors (Lipinski definition) is 6. The molecule has 37 heavy (non-hydrogen) atoms. The summed E-state index contributed by atoms with van der Waals surface area (Å²) in [7, 11) is 1.77. The number of rotatable bonds is 9. The fourth-order valence-electron chi connectivity index (χ4n) is 3.89. The number of thiol groups is 1. The summed E-state index contributed by atoms with van der Waals surface area (Å²) in [6.45, 7) is 0.139. The third kappa shape index (κ3) is 5.81. The SMILES string of the molecule is Cn1c(COc2ccc(CC(S)C(=O)O)cc2)nc2ccc(O[C@@H]3OC(C(=O)O)[C@H](O)[C@H](O)C3O)cc21. The van der Waals surface area contributed by atoms with E-state index in [1.54, 1.807) is 54.1 Å². The van der Waals surface area contributed by atoms with E-state index < -0.39 is 47.9 Å². The van der Waals surface area contributed by atoms with Gasteiger partial charge in [-0.25, -0.2) is 9.78 Å². The van der Waals surface area contributed by atoms with Gasteiger partial charge in [-0.3, -0.25) is 4.79 Å². The molecule has 4 rings (SSSR count). The van der Waals surface area contributed by atoms with Crippen molar-refractivity contribution in [2.75, 3.05) is 0 Å². The molecule has 0 amide bonds. The molecular weight excluding hydrogens is 508 g/mol. The lowest BCUT2D eigenvalue weighted by molar-refractivity contribution is -0.271. The van der Waals surface area contributed by atoms with Crippen LogP contribution in [0.15, 0.2) is 42.5 Å². The summed E-state index contributed by atoms with van der Waals surface area (Å²) in [6.07, 6.45) is -8.26. The molecule has 6 atom stereocenters. The van der Waals surface area contributed by atoms with Crippen molar-refractivity contribution in [2.45, 2.75) is 49.0 Å². The number of aromatic nitrogens is 2. The van der Waals surface area contributed by atoms with Crippen LogP contribution in [-0.2, 0) is 34.4 Å². The summed E-state index contributed by atoms with van der Waals surface area (Å²) in [5.74, 6) is -1.10. The largest absolute Gasteiger partial charge is 0.486 e. The Bertz CT molecular complexity index is 1280. The predicted molar refractivity (Wildman–Crippen MR) is 131 cm³/mol. The zero-order chi connectivity index (χ0) is 26.9. The van der Waals surface area contributed by atoms with Crippen molar-refractivity contribution >= 4 is 35.6 Å². The van der Waals surface area contributed by atoms with Crippen molar-refractivity contribution in [2.24, 2.45) is 7.05 Å². The number of aryl methyl sites for hydroxylation is 1. The summed E-state index contributed by atoms with van der Waals surface area (Å²) in [6, 6.07) is 11.8. The lowest BCUT2D eigenvalue weighted by atomic mass is 9.99. The standard InChI is InChI=1S/C24H26N2O10S/c1-26-15-9-13(35-24-20(29)18(27)19(28)21(36-24)23(32)33)6-7-14(15)25-17(26)10-34-12-4-2-11(3-5-12)8-16(37)22(30)31/h2-7,9,16,18-21,24,27-29,37H,8,10H2,1H3,(H,30,31)(H,32,33)/t16?,18-,19+,20?,21?,24+/m0/s1. The molecule has 1 saturated heterocycles. The van der Waals surface area contributed by atoms with Crippen LogP contribution in [0.5, 0.6) is 11.5 Å². The zero-order valence-electron chi connectivity index (χ0n) is 19.5. The van der Waals surface area contributed by atoms with Gasteiger partial charge in [-0.15, -0.1) is 0 Å². The number of aliphatic hydroxyl groups excluding tert-OH is 3. The molecule has 0 aliphatic carbocycles. The molecule has 1 aromatic heterocycles. The average molecular weight is 535 g/mol. The second-order valence-corrected chi connectivity index (χ2v) is 9.20. The minimum Gasteiger partial charge on any atom is -0.486 e. The molecule has 13 heteroatoms. The number of carboxylic acids is 2. The van der Waals surface area contributed by atoms with E-state index in [-0.39, 0.29) is 18.8 Å². The molecule has 0 saturated carbocycles. The molecule has 1 fully saturated rings. The van der Waals surface area contributed by atoms with E-state index in [1.807, 2.05) is 0 Å². The van der Waals surface area contributed by atoms with Crippen molar-refractivity contribution in [3.63, 3.8) is 0 Å². The zero-order valence-corrected chi connectivity index (χ0v) is 20.4. The molecule has 0 bridgehead atoms. The lowest BCUT2D eigenvalue weighted by Crippen LogP contribution is -2.61. The van der Waals surface area contributed by atoms with Crippen LogP contribution in [0.4, 0.5) is 0 Å². The number of ether oxygens (including phenoxy) is 3. The number of imidazole rings is 1. The van der Waals surface area contributed by atoms with Crippen LogP contribution in [0, 0.1) is 0 Å². The number of aliphatic hydroxyl groups is 3. The Balaban J connectivity index is 1.44. The van der Waals surface area contributed by atoms with E-state index in [1.165, 1.54) is 0 Å². The number of hydrogen-bond acceptors (Lipinski definition) is 10. The van der Waals surface area contributed by atoms with E-state index in [0.717, 1.165) is 5.56 Å². The Morgan fingerprint density at radius 3 is 2.38 bits per heavy atom. The highest BCUT2D eigenvalue weighted by molar-refractivity contribution is 7.81. The van der Waals surface area contributed by atoms with Crippen molar-refractivity contribution in [1.82, 2.24) is 9.55 Å². The minimum atomic E-state index is -1.81. The van der Waals surface area contributed by atoms with Crippen molar-refractivity contribution in [3.05, 3.63) is 53.9 Å². The third-order valence-corrected chi connectivity index (χ3v) is 6.42. The van der Waals surface area contributed by atoms with Gasteiger partial charge in [0.2, 0.25) is 6.29 Å². The quantitative estimate of drug-likeness (QED) is 0.208. The molecule has 198 valence electrons. The molecule has 2 heterocycles. The summed E-state index contributed by atoms with van der Waals surface area (Å²) in [4.78, 5) is 26.8. The van der Waals surface area contributed by atoms with Gasteiger partial charge < -0.3 is 44.3 Å². The fraction of sp³-hybridized carbons (Fsp3) is 0.375. The number of carbonyl (C=O) groups is 2. The van der Waals surface area contributed by atoms with E-state index in [0.29, 0.717) is 22.6 Å². The van der Waals surface area contributed by atoms with Crippen molar-refractivity contribution in [3.8, 4) is 11.5 Å². The smallest absolute Gasteiger partial charge is 0.335 e. The molecule has 1 aliphatic rings. The van der Waals surface area contributed by atoms with Gasteiger partial charge in [0.1, 0.15) is 47.5 Å². The van der Waals surface area contributed by atoms with E-state index >= 15 is 0 Å². The van der Waals surface area contributed by atoms with Crippen LogP contribution in [-0.4, -0.2) is 83.0 Å². The molecule has 3 aromatic rings. The molecule has 12 nitrogen and oxygen atoms in total. The summed E-state index contributed by atoms with van der Waals surface area (Å²) in [5.41, 5.74) is 2.09. The van der Waals surface area contributed by atoms with Gasteiger partial charge >= 0.3 is 11.9 Å². The topological polar surface area (TPSA) is 181 Å². The lowest BCUT2D eigenvalue weighted by Gasteiger charge is -2.38. The highest BCUT2D eigenvalue weighted by Crippen LogP contribution is 2.27.